The minimum Gasteiger partial charge on any atom is -0.494 e. The number of nitrogens with one attached hydrogen (secondary N) is 1. The number of aromatic nitrogens is 1. The quantitative estimate of drug-likeness (QED) is 0.691. The smallest absolute Gasteiger partial charge is 0.149 e. The van der Waals surface area contributed by atoms with E-state index < -0.39 is 0 Å². The number of ether oxygens (including phenoxy) is 1. The highest BCUT2D eigenvalue weighted by atomic mass is 16.5. The summed E-state index contributed by atoms with van der Waals surface area (Å²) < 4.78 is 5.58. The molecule has 2 rings (SSSR count). The maximum Gasteiger partial charge on any atom is 0.149 e. The lowest BCUT2D eigenvalue weighted by molar-refractivity contribution is 0.315. The van der Waals surface area contributed by atoms with Crippen LogP contribution >= 0.6 is 0 Å². The van der Waals surface area contributed by atoms with Crippen LogP contribution in [-0.4, -0.2) is 18.1 Å². The first-order chi connectivity index (χ1) is 9.25. The van der Waals surface area contributed by atoms with Gasteiger partial charge in [0.25, 0.3) is 0 Å². The van der Waals surface area contributed by atoms with Crippen molar-refractivity contribution >= 4 is 17.3 Å². The SMILES string of the molecule is Nc1ccc(NCCCOc2ccccc2)nc1N. The Hall–Kier alpha value is -2.43. The van der Waals surface area contributed by atoms with Crippen molar-refractivity contribution in [2.45, 2.75) is 6.42 Å². The van der Waals surface area contributed by atoms with Crippen LogP contribution in [0.5, 0.6) is 5.75 Å². The standard InChI is InChI=1S/C14H18N4O/c15-12-7-8-13(18-14(12)16)17-9-4-10-19-11-5-2-1-3-6-11/h1-3,5-8H,4,9-10,15H2,(H3,16,17,18). The third-order valence-electron chi connectivity index (χ3n) is 2.60. The minimum atomic E-state index is 0.352. The number of para-hydroxylation sites is 1. The third-order valence-corrected chi connectivity index (χ3v) is 2.60. The molecule has 5 heteroatoms. The fourth-order valence-corrected chi connectivity index (χ4v) is 1.58. The van der Waals surface area contributed by atoms with Gasteiger partial charge >= 0.3 is 0 Å². The number of benzene rings is 1. The summed E-state index contributed by atoms with van der Waals surface area (Å²) in [7, 11) is 0. The van der Waals surface area contributed by atoms with E-state index in [1.54, 1.807) is 6.07 Å². The van der Waals surface area contributed by atoms with Crippen LogP contribution in [-0.2, 0) is 0 Å². The molecule has 0 saturated heterocycles. The summed E-state index contributed by atoms with van der Waals surface area (Å²) in [5.41, 5.74) is 11.7. The van der Waals surface area contributed by atoms with Crippen LogP contribution in [0.4, 0.5) is 17.3 Å². The van der Waals surface area contributed by atoms with Crippen molar-refractivity contribution in [3.05, 3.63) is 42.5 Å². The van der Waals surface area contributed by atoms with Crippen molar-refractivity contribution in [2.24, 2.45) is 0 Å². The van der Waals surface area contributed by atoms with Crippen molar-refractivity contribution in [1.29, 1.82) is 0 Å². The van der Waals surface area contributed by atoms with Gasteiger partial charge in [-0.1, -0.05) is 18.2 Å². The first-order valence-electron chi connectivity index (χ1n) is 6.19. The Morgan fingerprint density at radius 1 is 1.05 bits per heavy atom. The topological polar surface area (TPSA) is 86.2 Å². The molecule has 0 bridgehead atoms. The zero-order valence-corrected chi connectivity index (χ0v) is 10.7. The first kappa shape index (κ1) is 13.0. The van der Waals surface area contributed by atoms with Crippen molar-refractivity contribution in [2.75, 3.05) is 29.9 Å². The molecule has 0 saturated carbocycles. The number of hydrogen-bond donors (Lipinski definition) is 3. The number of anilines is 3. The molecule has 0 aliphatic rings. The molecule has 0 radical (unpaired) electrons. The van der Waals surface area contributed by atoms with Crippen molar-refractivity contribution < 1.29 is 4.74 Å². The number of nitrogens with two attached hydrogens (primary N) is 2. The monoisotopic (exact) mass is 258 g/mol. The molecule has 0 aliphatic heterocycles. The van der Waals surface area contributed by atoms with Gasteiger partial charge in [-0.05, 0) is 30.7 Å². The van der Waals surface area contributed by atoms with Gasteiger partial charge in [0.15, 0.2) is 0 Å². The van der Waals surface area contributed by atoms with E-state index in [9.17, 15) is 0 Å². The predicted molar refractivity (Wildman–Crippen MR) is 78.1 cm³/mol. The molecule has 0 unspecified atom stereocenters. The van der Waals surface area contributed by atoms with E-state index in [1.165, 1.54) is 0 Å². The molecule has 0 fully saturated rings. The molecule has 1 aromatic carbocycles. The van der Waals surface area contributed by atoms with E-state index >= 15 is 0 Å². The molecule has 0 atom stereocenters. The van der Waals surface area contributed by atoms with Gasteiger partial charge in [-0.3, -0.25) is 0 Å². The highest BCUT2D eigenvalue weighted by Gasteiger charge is 1.98. The van der Waals surface area contributed by atoms with Crippen LogP contribution in [0, 0.1) is 0 Å². The fraction of sp³-hybridized carbons (Fsp3) is 0.214. The highest BCUT2D eigenvalue weighted by molar-refractivity contribution is 5.61. The molecule has 1 aromatic heterocycles. The number of pyridine rings is 1. The Balaban J connectivity index is 1.68. The Morgan fingerprint density at radius 3 is 2.58 bits per heavy atom. The number of nitrogens with zero attached hydrogens (tertiary/aromatic N) is 1. The molecule has 0 amide bonds. The summed E-state index contributed by atoms with van der Waals surface area (Å²) in [5.74, 6) is 1.97. The van der Waals surface area contributed by atoms with E-state index in [1.807, 2.05) is 36.4 Å². The van der Waals surface area contributed by atoms with Crippen molar-refractivity contribution in [1.82, 2.24) is 4.98 Å². The van der Waals surface area contributed by atoms with Crippen LogP contribution in [0.25, 0.3) is 0 Å². The Morgan fingerprint density at radius 2 is 1.84 bits per heavy atom. The molecule has 2 aromatic rings. The number of nitrogen functional groups attached to an aromatic ring is 2. The van der Waals surface area contributed by atoms with Gasteiger partial charge in [-0.15, -0.1) is 0 Å². The second-order valence-electron chi connectivity index (χ2n) is 4.11. The summed E-state index contributed by atoms with van der Waals surface area (Å²) in [5, 5.41) is 3.17. The van der Waals surface area contributed by atoms with Gasteiger partial charge in [0.2, 0.25) is 0 Å². The molecular formula is C14H18N4O. The summed E-state index contributed by atoms with van der Waals surface area (Å²) in [4.78, 5) is 4.13. The average Bonchev–Trinajstić information content (AvgIpc) is 2.43. The minimum absolute atomic E-state index is 0.352. The van der Waals surface area contributed by atoms with E-state index in [0.29, 0.717) is 18.1 Å². The van der Waals surface area contributed by atoms with E-state index in [-0.39, 0.29) is 0 Å². The second kappa shape index (κ2) is 6.49. The summed E-state index contributed by atoms with van der Waals surface area (Å²) in [6.07, 6.45) is 0.876. The van der Waals surface area contributed by atoms with Gasteiger partial charge in [0.1, 0.15) is 17.4 Å². The van der Waals surface area contributed by atoms with Gasteiger partial charge in [0.05, 0.1) is 12.3 Å². The van der Waals surface area contributed by atoms with Crippen LogP contribution in [0.1, 0.15) is 6.42 Å². The second-order valence-corrected chi connectivity index (χ2v) is 4.11. The average molecular weight is 258 g/mol. The largest absolute Gasteiger partial charge is 0.494 e. The zero-order valence-electron chi connectivity index (χ0n) is 10.7. The van der Waals surface area contributed by atoms with Crippen LogP contribution in [0.2, 0.25) is 0 Å². The van der Waals surface area contributed by atoms with Gasteiger partial charge in [0, 0.05) is 6.54 Å². The lowest BCUT2D eigenvalue weighted by Crippen LogP contribution is -2.09. The van der Waals surface area contributed by atoms with Gasteiger partial charge in [-0.25, -0.2) is 4.98 Å². The predicted octanol–water partition coefficient (Wildman–Crippen LogP) is 2.13. The molecule has 5 nitrogen and oxygen atoms in total. The van der Waals surface area contributed by atoms with Crippen molar-refractivity contribution in [3.8, 4) is 5.75 Å². The first-order valence-corrected chi connectivity index (χ1v) is 6.19. The highest BCUT2D eigenvalue weighted by Crippen LogP contribution is 2.14. The van der Waals surface area contributed by atoms with Crippen LogP contribution in [0.15, 0.2) is 42.5 Å². The van der Waals surface area contributed by atoms with Gasteiger partial charge < -0.3 is 21.5 Å². The normalized spacial score (nSPS) is 10.1. The molecule has 100 valence electrons. The Kier molecular flexibility index (Phi) is 4.44. The van der Waals surface area contributed by atoms with Gasteiger partial charge in [-0.2, -0.15) is 0 Å². The van der Waals surface area contributed by atoms with Crippen molar-refractivity contribution in [3.63, 3.8) is 0 Å². The lowest BCUT2D eigenvalue weighted by atomic mass is 10.3. The Bertz CT molecular complexity index is 516. The van der Waals surface area contributed by atoms with Crippen LogP contribution in [0.3, 0.4) is 0 Å². The van der Waals surface area contributed by atoms with E-state index in [0.717, 1.165) is 24.5 Å². The van der Waals surface area contributed by atoms with E-state index in [4.69, 9.17) is 16.2 Å². The molecule has 1 heterocycles. The maximum atomic E-state index is 5.63. The zero-order chi connectivity index (χ0) is 13.5. The third kappa shape index (κ3) is 4.06. The molecular weight excluding hydrogens is 240 g/mol. The lowest BCUT2D eigenvalue weighted by Gasteiger charge is -2.08. The fourth-order valence-electron chi connectivity index (χ4n) is 1.58. The number of rotatable bonds is 6. The number of hydrogen-bond acceptors (Lipinski definition) is 5. The summed E-state index contributed by atoms with van der Waals surface area (Å²) >= 11 is 0. The molecule has 19 heavy (non-hydrogen) atoms. The molecule has 0 spiro atoms. The Labute approximate surface area is 112 Å². The van der Waals surface area contributed by atoms with E-state index in [2.05, 4.69) is 10.3 Å². The summed E-state index contributed by atoms with van der Waals surface area (Å²) in [6.45, 7) is 1.42. The molecule has 5 N–H and O–H groups in total. The maximum absolute atomic E-state index is 5.63. The summed E-state index contributed by atoms with van der Waals surface area (Å²) in [6, 6.07) is 13.3. The van der Waals surface area contributed by atoms with Crippen LogP contribution < -0.4 is 21.5 Å². The molecule has 0 aliphatic carbocycles.